The number of nitrogens with two attached hydrogens (primary N) is 1. The maximum absolute atomic E-state index is 6.07. The summed E-state index contributed by atoms with van der Waals surface area (Å²) in [5.74, 6) is 0.660. The molecule has 112 valence electrons. The van der Waals surface area contributed by atoms with Crippen LogP contribution in [0.3, 0.4) is 0 Å². The standard InChI is InChI=1S/C13H25N3O2.HI/c1-11-8-16(6-7-18-11)12(14)15-9-13(10-17-2)4-3-5-13;/h11H,3-10H2,1-2H3,(H2,14,15);1H. The molecular formula is C13H26IN3O2. The zero-order valence-electron chi connectivity index (χ0n) is 11.9. The summed E-state index contributed by atoms with van der Waals surface area (Å²) in [4.78, 5) is 6.70. The van der Waals surface area contributed by atoms with Crippen molar-refractivity contribution in [3.8, 4) is 0 Å². The van der Waals surface area contributed by atoms with E-state index in [1.165, 1.54) is 19.3 Å². The van der Waals surface area contributed by atoms with E-state index in [1.54, 1.807) is 7.11 Å². The predicted octanol–water partition coefficient (Wildman–Crippen LogP) is 1.46. The summed E-state index contributed by atoms with van der Waals surface area (Å²) in [6, 6.07) is 0. The van der Waals surface area contributed by atoms with Crippen LogP contribution in [0, 0.1) is 5.41 Å². The highest BCUT2D eigenvalue weighted by molar-refractivity contribution is 14.0. The number of hydrogen-bond acceptors (Lipinski definition) is 3. The molecule has 2 fully saturated rings. The molecule has 5 nitrogen and oxygen atoms in total. The highest BCUT2D eigenvalue weighted by atomic mass is 127. The number of methoxy groups -OCH3 is 1. The van der Waals surface area contributed by atoms with Gasteiger partial charge in [-0.05, 0) is 19.8 Å². The van der Waals surface area contributed by atoms with Crippen molar-refractivity contribution in [2.75, 3.05) is 40.0 Å². The molecule has 0 bridgehead atoms. The maximum atomic E-state index is 6.07. The molecule has 1 heterocycles. The van der Waals surface area contributed by atoms with Crippen molar-refractivity contribution < 1.29 is 9.47 Å². The molecule has 1 aliphatic carbocycles. The third-order valence-electron chi connectivity index (χ3n) is 4.01. The lowest BCUT2D eigenvalue weighted by atomic mass is 9.69. The minimum Gasteiger partial charge on any atom is -0.384 e. The smallest absolute Gasteiger partial charge is 0.191 e. The molecule has 1 saturated heterocycles. The van der Waals surface area contributed by atoms with E-state index in [1.807, 2.05) is 0 Å². The summed E-state index contributed by atoms with van der Waals surface area (Å²) in [5, 5.41) is 0. The van der Waals surface area contributed by atoms with Crippen molar-refractivity contribution in [3.63, 3.8) is 0 Å². The van der Waals surface area contributed by atoms with Gasteiger partial charge in [-0.25, -0.2) is 0 Å². The Labute approximate surface area is 132 Å². The zero-order valence-corrected chi connectivity index (χ0v) is 14.3. The Balaban J connectivity index is 0.00000180. The van der Waals surface area contributed by atoms with E-state index in [2.05, 4.69) is 16.8 Å². The molecular weight excluding hydrogens is 357 g/mol. The minimum absolute atomic E-state index is 0. The second kappa shape index (κ2) is 7.64. The van der Waals surface area contributed by atoms with Crippen LogP contribution in [0.5, 0.6) is 0 Å². The molecule has 1 saturated carbocycles. The monoisotopic (exact) mass is 383 g/mol. The predicted molar refractivity (Wildman–Crippen MR) is 87.1 cm³/mol. The molecule has 6 heteroatoms. The van der Waals surface area contributed by atoms with Gasteiger partial charge >= 0.3 is 0 Å². The first-order chi connectivity index (χ1) is 8.65. The molecule has 0 spiro atoms. The molecule has 1 aliphatic heterocycles. The van der Waals surface area contributed by atoms with E-state index in [-0.39, 0.29) is 35.5 Å². The van der Waals surface area contributed by atoms with Gasteiger partial charge in [0.2, 0.25) is 0 Å². The molecule has 0 radical (unpaired) electrons. The lowest BCUT2D eigenvalue weighted by Gasteiger charge is -2.40. The number of nitrogens with zero attached hydrogens (tertiary/aromatic N) is 2. The van der Waals surface area contributed by atoms with Crippen LogP contribution in [-0.2, 0) is 9.47 Å². The van der Waals surface area contributed by atoms with Crippen molar-refractivity contribution in [2.24, 2.45) is 16.1 Å². The highest BCUT2D eigenvalue weighted by Gasteiger charge is 2.37. The van der Waals surface area contributed by atoms with Crippen LogP contribution in [0.4, 0.5) is 0 Å². The van der Waals surface area contributed by atoms with E-state index in [0.717, 1.165) is 32.8 Å². The summed E-state index contributed by atoms with van der Waals surface area (Å²) in [6.45, 7) is 6.07. The summed E-state index contributed by atoms with van der Waals surface area (Å²) in [5.41, 5.74) is 6.32. The van der Waals surface area contributed by atoms with Gasteiger partial charge in [-0.1, -0.05) is 6.42 Å². The quantitative estimate of drug-likeness (QED) is 0.454. The third-order valence-corrected chi connectivity index (χ3v) is 4.01. The third kappa shape index (κ3) is 4.46. The Morgan fingerprint density at radius 3 is 2.79 bits per heavy atom. The molecule has 2 aliphatic rings. The van der Waals surface area contributed by atoms with Crippen LogP contribution in [0.15, 0.2) is 4.99 Å². The van der Waals surface area contributed by atoms with E-state index < -0.39 is 0 Å². The Bertz CT molecular complexity index is 308. The van der Waals surface area contributed by atoms with Gasteiger partial charge in [0.15, 0.2) is 5.96 Å². The van der Waals surface area contributed by atoms with Gasteiger partial charge < -0.3 is 20.1 Å². The highest BCUT2D eigenvalue weighted by Crippen LogP contribution is 2.41. The number of rotatable bonds is 4. The first-order valence-corrected chi connectivity index (χ1v) is 6.81. The summed E-state index contributed by atoms with van der Waals surface area (Å²) >= 11 is 0. The molecule has 2 N–H and O–H groups in total. The first-order valence-electron chi connectivity index (χ1n) is 6.81. The van der Waals surface area contributed by atoms with Gasteiger partial charge in [-0.2, -0.15) is 0 Å². The summed E-state index contributed by atoms with van der Waals surface area (Å²) in [6.07, 6.45) is 3.94. The minimum atomic E-state index is 0. The molecule has 0 aromatic rings. The van der Waals surface area contributed by atoms with Crippen LogP contribution in [-0.4, -0.2) is 56.9 Å². The lowest BCUT2D eigenvalue weighted by Crippen LogP contribution is -2.48. The van der Waals surface area contributed by atoms with Gasteiger partial charge in [0.25, 0.3) is 0 Å². The van der Waals surface area contributed by atoms with Gasteiger partial charge in [-0.15, -0.1) is 24.0 Å². The second-order valence-corrected chi connectivity index (χ2v) is 5.59. The Kier molecular flexibility index (Phi) is 6.82. The fraction of sp³-hybridized carbons (Fsp3) is 0.923. The second-order valence-electron chi connectivity index (χ2n) is 5.59. The van der Waals surface area contributed by atoms with Crippen LogP contribution >= 0.6 is 24.0 Å². The number of aliphatic imine (C=N–C) groups is 1. The number of halogens is 1. The SMILES string of the molecule is COCC1(CN=C(N)N2CCOC(C)C2)CCC1.I. The lowest BCUT2D eigenvalue weighted by molar-refractivity contribution is 0.00441. The molecule has 0 aromatic heterocycles. The van der Waals surface area contributed by atoms with Crippen LogP contribution in [0.25, 0.3) is 0 Å². The van der Waals surface area contributed by atoms with Crippen molar-refractivity contribution in [1.29, 1.82) is 0 Å². The topological polar surface area (TPSA) is 60.1 Å². The van der Waals surface area contributed by atoms with Crippen LogP contribution in [0.2, 0.25) is 0 Å². The van der Waals surface area contributed by atoms with Gasteiger partial charge in [0, 0.05) is 25.6 Å². The van der Waals surface area contributed by atoms with Crippen molar-refractivity contribution in [1.82, 2.24) is 4.90 Å². The van der Waals surface area contributed by atoms with E-state index in [4.69, 9.17) is 15.2 Å². The first kappa shape index (κ1) is 17.0. The van der Waals surface area contributed by atoms with Crippen molar-refractivity contribution >= 4 is 29.9 Å². The number of morpholine rings is 1. The van der Waals surface area contributed by atoms with Crippen molar-refractivity contribution in [2.45, 2.75) is 32.3 Å². The maximum Gasteiger partial charge on any atom is 0.191 e. The molecule has 0 aromatic carbocycles. The zero-order chi connectivity index (χ0) is 13.0. The fourth-order valence-electron chi connectivity index (χ4n) is 2.71. The Morgan fingerprint density at radius 2 is 2.26 bits per heavy atom. The van der Waals surface area contributed by atoms with Crippen LogP contribution < -0.4 is 5.73 Å². The van der Waals surface area contributed by atoms with Crippen LogP contribution in [0.1, 0.15) is 26.2 Å². The van der Waals surface area contributed by atoms with Crippen molar-refractivity contribution in [3.05, 3.63) is 0 Å². The summed E-state index contributed by atoms with van der Waals surface area (Å²) < 4.78 is 10.8. The van der Waals surface area contributed by atoms with E-state index in [9.17, 15) is 0 Å². The number of guanidine groups is 1. The van der Waals surface area contributed by atoms with Gasteiger partial charge in [0.1, 0.15) is 0 Å². The Hall–Kier alpha value is -0.0800. The normalized spacial score (nSPS) is 26.5. The molecule has 1 unspecified atom stereocenters. The molecule has 19 heavy (non-hydrogen) atoms. The van der Waals surface area contributed by atoms with E-state index >= 15 is 0 Å². The van der Waals surface area contributed by atoms with Gasteiger partial charge in [0.05, 0.1) is 25.9 Å². The molecule has 0 amide bonds. The van der Waals surface area contributed by atoms with Gasteiger partial charge in [-0.3, -0.25) is 4.99 Å². The van der Waals surface area contributed by atoms with E-state index in [0.29, 0.717) is 5.96 Å². The molecule has 1 atom stereocenters. The molecule has 2 rings (SSSR count). The summed E-state index contributed by atoms with van der Waals surface area (Å²) in [7, 11) is 1.76. The largest absolute Gasteiger partial charge is 0.384 e. The number of ether oxygens (including phenoxy) is 2. The average molecular weight is 383 g/mol. The number of hydrogen-bond donors (Lipinski definition) is 1. The fourth-order valence-corrected chi connectivity index (χ4v) is 2.71. The Morgan fingerprint density at radius 1 is 1.53 bits per heavy atom. The average Bonchev–Trinajstić information content (AvgIpc) is 2.32.